The highest BCUT2D eigenvalue weighted by Gasteiger charge is 2.44. The van der Waals surface area contributed by atoms with Gasteiger partial charge in [-0.1, -0.05) is 31.2 Å². The normalized spacial score (nSPS) is 24.0. The van der Waals surface area contributed by atoms with Gasteiger partial charge in [0.05, 0.1) is 0 Å². The van der Waals surface area contributed by atoms with Crippen molar-refractivity contribution in [3.8, 4) is 0 Å². The molecular formula is C14H16O3. The van der Waals surface area contributed by atoms with Crippen LogP contribution in [0.5, 0.6) is 0 Å². The molecule has 1 aliphatic carbocycles. The third-order valence-electron chi connectivity index (χ3n) is 3.40. The van der Waals surface area contributed by atoms with Gasteiger partial charge in [-0.05, 0) is 24.8 Å². The number of carbonyl (C=O) groups excluding carboxylic acids is 2. The summed E-state index contributed by atoms with van der Waals surface area (Å²) < 4.78 is 0. The highest BCUT2D eigenvalue weighted by molar-refractivity contribution is 6.18. The largest absolute Gasteiger partial charge is 0.374 e. The summed E-state index contributed by atoms with van der Waals surface area (Å²) in [6.45, 7) is 1.67. The molecule has 0 aromatic heterocycles. The number of fused-ring (bicyclic) bond motifs is 1. The van der Waals surface area contributed by atoms with Crippen LogP contribution in [0.2, 0.25) is 0 Å². The minimum absolute atomic E-state index is 0.185. The Kier molecular flexibility index (Phi) is 3.11. The van der Waals surface area contributed by atoms with E-state index in [1.807, 2.05) is 12.1 Å². The summed E-state index contributed by atoms with van der Waals surface area (Å²) in [5.74, 6) is -0.809. The van der Waals surface area contributed by atoms with Crippen LogP contribution < -0.4 is 0 Å². The predicted molar refractivity (Wildman–Crippen MR) is 64.0 cm³/mol. The van der Waals surface area contributed by atoms with E-state index >= 15 is 0 Å². The fourth-order valence-corrected chi connectivity index (χ4v) is 2.39. The van der Waals surface area contributed by atoms with Crippen LogP contribution in [0.1, 0.15) is 42.1 Å². The van der Waals surface area contributed by atoms with Gasteiger partial charge in [0.15, 0.2) is 11.4 Å². The van der Waals surface area contributed by atoms with Gasteiger partial charge in [-0.15, -0.1) is 0 Å². The van der Waals surface area contributed by atoms with Crippen molar-refractivity contribution < 1.29 is 14.7 Å². The molecule has 0 amide bonds. The zero-order valence-corrected chi connectivity index (χ0v) is 9.90. The second kappa shape index (κ2) is 4.41. The molecule has 1 aromatic rings. The first-order chi connectivity index (χ1) is 8.09. The summed E-state index contributed by atoms with van der Waals surface area (Å²) in [6.07, 6.45) is 1.81. The Morgan fingerprint density at radius 1 is 1.41 bits per heavy atom. The van der Waals surface area contributed by atoms with Crippen LogP contribution in [0.3, 0.4) is 0 Å². The van der Waals surface area contributed by atoms with Gasteiger partial charge in [-0.25, -0.2) is 0 Å². The van der Waals surface area contributed by atoms with Gasteiger partial charge in [0.25, 0.3) is 0 Å². The van der Waals surface area contributed by atoms with Crippen LogP contribution in [0.15, 0.2) is 24.3 Å². The molecule has 0 bridgehead atoms. The van der Waals surface area contributed by atoms with Crippen LogP contribution in [0.25, 0.3) is 0 Å². The van der Waals surface area contributed by atoms with E-state index in [9.17, 15) is 14.7 Å². The van der Waals surface area contributed by atoms with Crippen LogP contribution in [0.4, 0.5) is 0 Å². The Labute approximate surface area is 100 Å². The molecule has 1 aromatic carbocycles. The smallest absolute Gasteiger partial charge is 0.202 e. The minimum Gasteiger partial charge on any atom is -0.374 e. The highest BCUT2D eigenvalue weighted by Crippen LogP contribution is 2.29. The Hall–Kier alpha value is -1.48. The SMILES string of the molecule is CCC(=O)C1(O)CCCc2ccccc2C1=O. The average molecular weight is 232 g/mol. The van der Waals surface area contributed by atoms with Gasteiger partial charge in [-0.3, -0.25) is 9.59 Å². The van der Waals surface area contributed by atoms with Crippen molar-refractivity contribution in [1.82, 2.24) is 0 Å². The van der Waals surface area contributed by atoms with Crippen molar-refractivity contribution in [1.29, 1.82) is 0 Å². The van der Waals surface area contributed by atoms with E-state index in [1.165, 1.54) is 0 Å². The number of carbonyl (C=O) groups is 2. The van der Waals surface area contributed by atoms with Gasteiger partial charge in [-0.2, -0.15) is 0 Å². The number of ketones is 2. The lowest BCUT2D eigenvalue weighted by Gasteiger charge is -2.23. The lowest BCUT2D eigenvalue weighted by atomic mass is 9.85. The number of aliphatic hydroxyl groups is 1. The van der Waals surface area contributed by atoms with E-state index < -0.39 is 11.4 Å². The molecule has 1 N–H and O–H groups in total. The quantitative estimate of drug-likeness (QED) is 0.626. The molecule has 0 radical (unpaired) electrons. The maximum absolute atomic E-state index is 12.3. The number of Topliss-reactive ketones (excluding diaryl/α,β-unsaturated/α-hetero) is 2. The third-order valence-corrected chi connectivity index (χ3v) is 3.40. The van der Waals surface area contributed by atoms with Crippen molar-refractivity contribution in [2.24, 2.45) is 0 Å². The maximum atomic E-state index is 12.3. The molecular weight excluding hydrogens is 216 g/mol. The summed E-state index contributed by atoms with van der Waals surface area (Å²) in [5.41, 5.74) is -0.381. The molecule has 0 aliphatic heterocycles. The first kappa shape index (κ1) is 12.0. The topological polar surface area (TPSA) is 54.4 Å². The summed E-state index contributed by atoms with van der Waals surface area (Å²) in [5, 5.41) is 10.3. The van der Waals surface area contributed by atoms with Crippen LogP contribution in [-0.4, -0.2) is 22.3 Å². The Bertz CT molecular complexity index is 464. The monoisotopic (exact) mass is 232 g/mol. The molecule has 0 spiro atoms. The number of aryl methyl sites for hydroxylation is 1. The van der Waals surface area contributed by atoms with Crippen molar-refractivity contribution in [3.05, 3.63) is 35.4 Å². The van der Waals surface area contributed by atoms with Crippen LogP contribution >= 0.6 is 0 Å². The molecule has 0 saturated carbocycles. The first-order valence-corrected chi connectivity index (χ1v) is 5.98. The van der Waals surface area contributed by atoms with Gasteiger partial charge in [0, 0.05) is 12.0 Å². The van der Waals surface area contributed by atoms with E-state index in [2.05, 4.69) is 0 Å². The molecule has 90 valence electrons. The third kappa shape index (κ3) is 1.91. The highest BCUT2D eigenvalue weighted by atomic mass is 16.3. The second-order valence-corrected chi connectivity index (χ2v) is 4.48. The van der Waals surface area contributed by atoms with Crippen molar-refractivity contribution in [3.63, 3.8) is 0 Å². The number of benzene rings is 1. The molecule has 0 saturated heterocycles. The van der Waals surface area contributed by atoms with Gasteiger partial charge >= 0.3 is 0 Å². The summed E-state index contributed by atoms with van der Waals surface area (Å²) in [7, 11) is 0. The molecule has 1 atom stereocenters. The average Bonchev–Trinajstić information content (AvgIpc) is 2.48. The molecule has 0 fully saturated rings. The van der Waals surface area contributed by atoms with E-state index in [4.69, 9.17) is 0 Å². The van der Waals surface area contributed by atoms with Crippen LogP contribution in [0, 0.1) is 0 Å². The standard InChI is InChI=1S/C14H16O3/c1-2-12(15)14(17)9-5-7-10-6-3-4-8-11(10)13(14)16/h3-4,6,8,17H,2,5,7,9H2,1H3. The lowest BCUT2D eigenvalue weighted by molar-refractivity contribution is -0.133. The van der Waals surface area contributed by atoms with E-state index in [0.29, 0.717) is 12.0 Å². The van der Waals surface area contributed by atoms with Gasteiger partial charge in [0.2, 0.25) is 5.78 Å². The van der Waals surface area contributed by atoms with Gasteiger partial charge < -0.3 is 5.11 Å². The second-order valence-electron chi connectivity index (χ2n) is 4.48. The Balaban J connectivity index is 2.49. The van der Waals surface area contributed by atoms with Crippen molar-refractivity contribution >= 4 is 11.6 Å². The Morgan fingerprint density at radius 2 is 2.12 bits per heavy atom. The minimum atomic E-state index is -1.80. The van der Waals surface area contributed by atoms with Crippen molar-refractivity contribution in [2.75, 3.05) is 0 Å². The fourth-order valence-electron chi connectivity index (χ4n) is 2.39. The summed E-state index contributed by atoms with van der Waals surface area (Å²) in [4.78, 5) is 24.1. The summed E-state index contributed by atoms with van der Waals surface area (Å²) >= 11 is 0. The molecule has 1 aliphatic rings. The predicted octanol–water partition coefficient (Wildman–Crippen LogP) is 1.92. The molecule has 3 nitrogen and oxygen atoms in total. The van der Waals surface area contributed by atoms with E-state index in [0.717, 1.165) is 12.0 Å². The lowest BCUT2D eigenvalue weighted by Crippen LogP contribution is -2.45. The first-order valence-electron chi connectivity index (χ1n) is 5.98. The summed E-state index contributed by atoms with van der Waals surface area (Å²) in [6, 6.07) is 7.21. The number of hydrogen-bond donors (Lipinski definition) is 1. The molecule has 2 rings (SSSR count). The van der Waals surface area contributed by atoms with Crippen molar-refractivity contribution in [2.45, 2.75) is 38.2 Å². The van der Waals surface area contributed by atoms with Gasteiger partial charge in [0.1, 0.15) is 0 Å². The van der Waals surface area contributed by atoms with E-state index in [-0.39, 0.29) is 18.6 Å². The fraction of sp³-hybridized carbons (Fsp3) is 0.429. The number of rotatable bonds is 2. The Morgan fingerprint density at radius 3 is 2.82 bits per heavy atom. The molecule has 3 heteroatoms. The van der Waals surface area contributed by atoms with E-state index in [1.54, 1.807) is 19.1 Å². The maximum Gasteiger partial charge on any atom is 0.202 e. The zero-order valence-electron chi connectivity index (χ0n) is 9.90. The van der Waals surface area contributed by atoms with Crippen LogP contribution in [-0.2, 0) is 11.2 Å². The number of hydrogen-bond acceptors (Lipinski definition) is 3. The molecule has 0 heterocycles. The molecule has 17 heavy (non-hydrogen) atoms. The molecule has 1 unspecified atom stereocenters. The zero-order chi connectivity index (χ0) is 12.5.